The summed E-state index contributed by atoms with van der Waals surface area (Å²) in [5, 5.41) is 20.6. The Morgan fingerprint density at radius 2 is 1.72 bits per heavy atom. The van der Waals surface area contributed by atoms with Crippen LogP contribution in [-0.4, -0.2) is 24.7 Å². The molecule has 7 nitrogen and oxygen atoms in total. The maximum atomic E-state index is 13.5. The molecule has 2 amide bonds. The highest BCUT2D eigenvalue weighted by molar-refractivity contribution is 8.03. The van der Waals surface area contributed by atoms with E-state index in [1.165, 1.54) is 18.9 Å². The minimum absolute atomic E-state index is 0.00424. The Morgan fingerprint density at radius 3 is 2.38 bits per heavy atom. The fourth-order valence-electron chi connectivity index (χ4n) is 4.14. The number of halogens is 2. The van der Waals surface area contributed by atoms with E-state index in [-0.39, 0.29) is 17.6 Å². The molecule has 1 atom stereocenters. The van der Waals surface area contributed by atoms with Crippen molar-refractivity contribution < 1.29 is 14.3 Å². The van der Waals surface area contributed by atoms with Gasteiger partial charge in [-0.25, -0.2) is 0 Å². The van der Waals surface area contributed by atoms with Crippen LogP contribution in [0.2, 0.25) is 10.0 Å². The van der Waals surface area contributed by atoms with Gasteiger partial charge in [-0.1, -0.05) is 65.3 Å². The molecule has 198 valence electrons. The second-order valence-corrected chi connectivity index (χ2v) is 10.4. The molecule has 0 saturated carbocycles. The standard InChI is InChI=1S/C29H24Cl2N4O3S/c1-17-26(28(37)34-21-11-8-19(30)9-12-21)27(18-6-4-3-5-7-18)22(15-32)29(33-17)39-16-25(36)35-23-14-20(31)10-13-24(23)38-2/h3-14,27,33H,16H2,1-2H3,(H,34,37)(H,35,36)/t27-/m0/s1. The molecule has 0 saturated heterocycles. The highest BCUT2D eigenvalue weighted by Crippen LogP contribution is 2.41. The molecule has 0 spiro atoms. The molecule has 10 heteroatoms. The van der Waals surface area contributed by atoms with Crippen molar-refractivity contribution in [3.05, 3.63) is 110 Å². The molecule has 0 aliphatic carbocycles. The van der Waals surface area contributed by atoms with E-state index in [0.29, 0.717) is 49.0 Å². The van der Waals surface area contributed by atoms with Gasteiger partial charge in [-0.05, 0) is 55.0 Å². The van der Waals surface area contributed by atoms with Crippen LogP contribution >= 0.6 is 35.0 Å². The smallest absolute Gasteiger partial charge is 0.254 e. The van der Waals surface area contributed by atoms with E-state index < -0.39 is 5.92 Å². The number of methoxy groups -OCH3 is 1. The molecule has 1 aliphatic heterocycles. The summed E-state index contributed by atoms with van der Waals surface area (Å²) in [5.74, 6) is -0.812. The zero-order valence-electron chi connectivity index (χ0n) is 21.0. The molecule has 1 aliphatic rings. The van der Waals surface area contributed by atoms with Gasteiger partial charge < -0.3 is 20.7 Å². The Hall–Kier alpha value is -3.90. The first-order chi connectivity index (χ1) is 18.8. The van der Waals surface area contributed by atoms with Crippen molar-refractivity contribution in [1.82, 2.24) is 5.32 Å². The van der Waals surface area contributed by atoms with Gasteiger partial charge in [-0.2, -0.15) is 5.26 Å². The molecule has 3 aromatic rings. The van der Waals surface area contributed by atoms with Crippen molar-refractivity contribution in [2.75, 3.05) is 23.5 Å². The van der Waals surface area contributed by atoms with Crippen LogP contribution in [0.4, 0.5) is 11.4 Å². The second kappa shape index (κ2) is 12.8. The van der Waals surface area contributed by atoms with Gasteiger partial charge in [-0.3, -0.25) is 9.59 Å². The highest BCUT2D eigenvalue weighted by Gasteiger charge is 2.34. The number of anilines is 2. The Kier molecular flexibility index (Phi) is 9.20. The van der Waals surface area contributed by atoms with Crippen molar-refractivity contribution in [1.29, 1.82) is 5.26 Å². The summed E-state index contributed by atoms with van der Waals surface area (Å²) < 4.78 is 5.29. The average molecular weight is 580 g/mol. The number of dihydropyridines is 1. The summed E-state index contributed by atoms with van der Waals surface area (Å²) in [6.45, 7) is 1.78. The summed E-state index contributed by atoms with van der Waals surface area (Å²) in [5.41, 5.74) is 3.13. The molecule has 0 radical (unpaired) electrons. The summed E-state index contributed by atoms with van der Waals surface area (Å²) in [7, 11) is 1.50. The lowest BCUT2D eigenvalue weighted by molar-refractivity contribution is -0.114. The summed E-state index contributed by atoms with van der Waals surface area (Å²) in [6, 6.07) is 23.3. The Balaban J connectivity index is 1.60. The largest absolute Gasteiger partial charge is 0.495 e. The molecule has 4 rings (SSSR count). The first-order valence-electron chi connectivity index (χ1n) is 11.8. The Labute approximate surface area is 240 Å². The monoisotopic (exact) mass is 578 g/mol. The van der Waals surface area contributed by atoms with E-state index in [2.05, 4.69) is 22.0 Å². The van der Waals surface area contributed by atoms with Crippen LogP contribution in [0.3, 0.4) is 0 Å². The van der Waals surface area contributed by atoms with Gasteiger partial charge >= 0.3 is 0 Å². The Morgan fingerprint density at radius 1 is 1.03 bits per heavy atom. The number of ether oxygens (including phenoxy) is 1. The van der Waals surface area contributed by atoms with Gasteiger partial charge in [0.05, 0.1) is 41.1 Å². The van der Waals surface area contributed by atoms with Crippen LogP contribution in [0, 0.1) is 11.3 Å². The highest BCUT2D eigenvalue weighted by atomic mass is 35.5. The predicted octanol–water partition coefficient (Wildman–Crippen LogP) is 6.71. The van der Waals surface area contributed by atoms with E-state index in [4.69, 9.17) is 27.9 Å². The maximum absolute atomic E-state index is 13.5. The molecular weight excluding hydrogens is 555 g/mol. The van der Waals surface area contributed by atoms with Gasteiger partial charge in [0, 0.05) is 27.0 Å². The lowest BCUT2D eigenvalue weighted by atomic mass is 9.82. The van der Waals surface area contributed by atoms with Crippen LogP contribution in [0.15, 0.2) is 94.7 Å². The maximum Gasteiger partial charge on any atom is 0.254 e. The zero-order chi connectivity index (χ0) is 27.9. The third-order valence-corrected chi connectivity index (χ3v) is 7.41. The molecule has 3 aromatic carbocycles. The van der Waals surface area contributed by atoms with Crippen molar-refractivity contribution in [2.24, 2.45) is 0 Å². The number of rotatable bonds is 8. The number of nitrogens with zero attached hydrogens (tertiary/aromatic N) is 1. The average Bonchev–Trinajstić information content (AvgIpc) is 2.93. The van der Waals surface area contributed by atoms with Crippen LogP contribution in [-0.2, 0) is 9.59 Å². The number of hydrogen-bond acceptors (Lipinski definition) is 6. The molecule has 0 fully saturated rings. The first-order valence-corrected chi connectivity index (χ1v) is 13.5. The number of hydrogen-bond donors (Lipinski definition) is 3. The van der Waals surface area contributed by atoms with Crippen molar-refractivity contribution in [3.63, 3.8) is 0 Å². The summed E-state index contributed by atoms with van der Waals surface area (Å²) in [4.78, 5) is 26.3. The fraction of sp³-hybridized carbons (Fsp3) is 0.138. The van der Waals surface area contributed by atoms with Crippen LogP contribution < -0.4 is 20.7 Å². The van der Waals surface area contributed by atoms with E-state index >= 15 is 0 Å². The van der Waals surface area contributed by atoms with Gasteiger partial charge in [-0.15, -0.1) is 0 Å². The number of benzene rings is 3. The van der Waals surface area contributed by atoms with E-state index in [0.717, 1.165) is 5.56 Å². The number of carbonyl (C=O) groups excluding carboxylic acids is 2. The van der Waals surface area contributed by atoms with Crippen LogP contribution in [0.5, 0.6) is 5.75 Å². The number of thioether (sulfide) groups is 1. The summed E-state index contributed by atoms with van der Waals surface area (Å²) in [6.07, 6.45) is 0. The molecule has 0 bridgehead atoms. The minimum Gasteiger partial charge on any atom is -0.495 e. The SMILES string of the molecule is COc1ccc(Cl)cc1NC(=O)CSC1=C(C#N)[C@H](c2ccccc2)C(C(=O)Nc2ccc(Cl)cc2)=C(C)N1. The van der Waals surface area contributed by atoms with Crippen LogP contribution in [0.1, 0.15) is 18.4 Å². The molecule has 1 heterocycles. The van der Waals surface area contributed by atoms with Gasteiger partial charge in [0.1, 0.15) is 5.75 Å². The topological polar surface area (TPSA) is 103 Å². The fourth-order valence-corrected chi connectivity index (χ4v) is 5.33. The van der Waals surface area contributed by atoms with E-state index in [1.54, 1.807) is 49.4 Å². The number of nitriles is 1. The van der Waals surface area contributed by atoms with Crippen molar-refractivity contribution >= 4 is 58.2 Å². The number of amides is 2. The van der Waals surface area contributed by atoms with E-state index in [9.17, 15) is 14.9 Å². The Bertz CT molecular complexity index is 1500. The zero-order valence-corrected chi connectivity index (χ0v) is 23.4. The van der Waals surface area contributed by atoms with Crippen molar-refractivity contribution in [2.45, 2.75) is 12.8 Å². The molecule has 3 N–H and O–H groups in total. The van der Waals surface area contributed by atoms with Crippen molar-refractivity contribution in [3.8, 4) is 11.8 Å². The van der Waals surface area contributed by atoms with Crippen LogP contribution in [0.25, 0.3) is 0 Å². The summed E-state index contributed by atoms with van der Waals surface area (Å²) >= 11 is 13.2. The lowest BCUT2D eigenvalue weighted by Gasteiger charge is -2.30. The van der Waals surface area contributed by atoms with Gasteiger partial charge in [0.25, 0.3) is 5.91 Å². The first kappa shape index (κ1) is 28.1. The van der Waals surface area contributed by atoms with Gasteiger partial charge in [0.15, 0.2) is 0 Å². The van der Waals surface area contributed by atoms with Gasteiger partial charge in [0.2, 0.25) is 5.91 Å². The third-order valence-electron chi connectivity index (χ3n) is 5.91. The molecule has 39 heavy (non-hydrogen) atoms. The molecule has 0 aromatic heterocycles. The lowest BCUT2D eigenvalue weighted by Crippen LogP contribution is -2.31. The molecule has 0 unspecified atom stereocenters. The predicted molar refractivity (Wildman–Crippen MR) is 157 cm³/mol. The molecular formula is C29H24Cl2N4O3S. The minimum atomic E-state index is -0.636. The number of carbonyl (C=O) groups is 2. The second-order valence-electron chi connectivity index (χ2n) is 8.50. The van der Waals surface area contributed by atoms with E-state index in [1.807, 2.05) is 30.3 Å². The number of allylic oxidation sites excluding steroid dienone is 2. The number of nitrogens with one attached hydrogen (secondary N) is 3. The quantitative estimate of drug-likeness (QED) is 0.274. The normalized spacial score (nSPS) is 14.8. The third kappa shape index (κ3) is 6.76.